The van der Waals surface area contributed by atoms with E-state index in [1.54, 1.807) is 6.07 Å². The summed E-state index contributed by atoms with van der Waals surface area (Å²) < 4.78 is 13.0. The van der Waals surface area contributed by atoms with E-state index in [0.717, 1.165) is 18.3 Å². The third-order valence-corrected chi connectivity index (χ3v) is 2.60. The second kappa shape index (κ2) is 5.79. The number of nitriles is 1. The smallest absolute Gasteiger partial charge is 0.354 e. The van der Waals surface area contributed by atoms with Crippen LogP contribution in [0.4, 0.5) is 10.1 Å². The Morgan fingerprint density at radius 2 is 2.05 bits per heavy atom. The number of nitrogens with zero attached hydrogens (tertiary/aromatic N) is 2. The highest BCUT2D eigenvalue weighted by atomic mass is 19.1. The van der Waals surface area contributed by atoms with Crippen LogP contribution >= 0.6 is 0 Å². The van der Waals surface area contributed by atoms with E-state index in [-0.39, 0.29) is 22.5 Å². The molecule has 0 atom stereocenters. The fraction of sp³-hybridized carbons (Fsp3) is 0. The highest BCUT2D eigenvalue weighted by Gasteiger charge is 2.11. The fourth-order valence-electron chi connectivity index (χ4n) is 1.57. The molecule has 0 fully saturated rings. The van der Waals surface area contributed by atoms with E-state index in [9.17, 15) is 14.0 Å². The standard InChI is InChI=1S/C14H8FN3O3/c15-10-2-4-11(9(5-10)6-16)18-13(19)8-1-3-12(14(20)21)17-7-8/h1-5,7H,(H,18,19)(H,20,21). The van der Waals surface area contributed by atoms with Gasteiger partial charge in [0.2, 0.25) is 0 Å². The normalized spacial score (nSPS) is 9.71. The second-order valence-corrected chi connectivity index (χ2v) is 3.99. The number of carboxylic acids is 1. The largest absolute Gasteiger partial charge is 0.477 e. The number of aromatic nitrogens is 1. The summed E-state index contributed by atoms with van der Waals surface area (Å²) in [7, 11) is 0. The lowest BCUT2D eigenvalue weighted by atomic mass is 10.1. The summed E-state index contributed by atoms with van der Waals surface area (Å²) in [6.07, 6.45) is 1.11. The van der Waals surface area contributed by atoms with Gasteiger partial charge in [-0.3, -0.25) is 4.79 Å². The minimum atomic E-state index is -1.20. The number of amides is 1. The van der Waals surface area contributed by atoms with Gasteiger partial charge in [-0.25, -0.2) is 14.2 Å². The Hall–Kier alpha value is -3.27. The zero-order chi connectivity index (χ0) is 15.4. The van der Waals surface area contributed by atoms with E-state index in [2.05, 4.69) is 10.3 Å². The molecule has 7 heteroatoms. The summed E-state index contributed by atoms with van der Waals surface area (Å²) >= 11 is 0. The lowest BCUT2D eigenvalue weighted by molar-refractivity contribution is 0.0690. The van der Waals surface area contributed by atoms with Crippen molar-refractivity contribution in [2.75, 3.05) is 5.32 Å². The summed E-state index contributed by atoms with van der Waals surface area (Å²) in [5, 5.41) is 20.0. The van der Waals surface area contributed by atoms with E-state index >= 15 is 0 Å². The van der Waals surface area contributed by atoms with Crippen LogP contribution in [0.1, 0.15) is 26.4 Å². The van der Waals surface area contributed by atoms with Gasteiger partial charge >= 0.3 is 5.97 Å². The first-order valence-electron chi connectivity index (χ1n) is 5.71. The van der Waals surface area contributed by atoms with Crippen molar-refractivity contribution in [2.45, 2.75) is 0 Å². The van der Waals surface area contributed by atoms with Crippen LogP contribution in [0.5, 0.6) is 0 Å². The third kappa shape index (κ3) is 3.19. The molecule has 0 saturated heterocycles. The molecule has 21 heavy (non-hydrogen) atoms. The Kier molecular flexibility index (Phi) is 3.90. The van der Waals surface area contributed by atoms with Crippen LogP contribution in [0.25, 0.3) is 0 Å². The van der Waals surface area contributed by atoms with Crippen molar-refractivity contribution in [3.63, 3.8) is 0 Å². The van der Waals surface area contributed by atoms with E-state index in [0.29, 0.717) is 0 Å². The molecule has 0 spiro atoms. The Bertz CT molecular complexity index is 751. The molecule has 0 radical (unpaired) electrons. The third-order valence-electron chi connectivity index (χ3n) is 2.60. The second-order valence-electron chi connectivity index (χ2n) is 3.99. The van der Waals surface area contributed by atoms with E-state index < -0.39 is 17.7 Å². The maximum Gasteiger partial charge on any atom is 0.354 e. The number of halogens is 1. The van der Waals surface area contributed by atoms with Crippen LogP contribution in [-0.2, 0) is 0 Å². The zero-order valence-corrected chi connectivity index (χ0v) is 10.5. The Morgan fingerprint density at radius 3 is 2.62 bits per heavy atom. The topological polar surface area (TPSA) is 103 Å². The molecule has 2 rings (SSSR count). The average Bonchev–Trinajstić information content (AvgIpc) is 2.49. The van der Waals surface area contributed by atoms with Crippen molar-refractivity contribution in [3.05, 3.63) is 59.2 Å². The molecule has 2 aromatic rings. The highest BCUT2D eigenvalue weighted by molar-refractivity contribution is 6.05. The van der Waals surface area contributed by atoms with Gasteiger partial charge in [0.1, 0.15) is 17.6 Å². The van der Waals surface area contributed by atoms with Gasteiger partial charge in [-0.1, -0.05) is 0 Å². The number of hydrogen-bond donors (Lipinski definition) is 2. The monoisotopic (exact) mass is 285 g/mol. The summed E-state index contributed by atoms with van der Waals surface area (Å²) in [5.74, 6) is -2.37. The zero-order valence-electron chi connectivity index (χ0n) is 10.5. The molecule has 104 valence electrons. The van der Waals surface area contributed by atoms with Gasteiger partial charge in [0, 0.05) is 6.20 Å². The molecular formula is C14H8FN3O3. The maximum absolute atomic E-state index is 13.0. The molecule has 2 N–H and O–H groups in total. The van der Waals surface area contributed by atoms with Crippen molar-refractivity contribution in [1.29, 1.82) is 5.26 Å². The Morgan fingerprint density at radius 1 is 1.29 bits per heavy atom. The van der Waals surface area contributed by atoms with Gasteiger partial charge in [-0.05, 0) is 30.3 Å². The Labute approximate surface area is 118 Å². The molecule has 0 aliphatic carbocycles. The van der Waals surface area contributed by atoms with Crippen LogP contribution in [-0.4, -0.2) is 22.0 Å². The molecule has 1 aromatic heterocycles. The number of benzene rings is 1. The van der Waals surface area contributed by atoms with E-state index in [1.165, 1.54) is 18.2 Å². The summed E-state index contributed by atoms with van der Waals surface area (Å²) in [4.78, 5) is 26.2. The molecule has 1 aromatic carbocycles. The first kappa shape index (κ1) is 14.1. The molecule has 0 unspecified atom stereocenters. The number of hydrogen-bond acceptors (Lipinski definition) is 4. The van der Waals surface area contributed by atoms with Gasteiger partial charge in [0.05, 0.1) is 16.8 Å². The number of aromatic carboxylic acids is 1. The van der Waals surface area contributed by atoms with Crippen LogP contribution in [0.3, 0.4) is 0 Å². The van der Waals surface area contributed by atoms with Crippen LogP contribution in [0, 0.1) is 17.1 Å². The predicted molar refractivity (Wildman–Crippen MR) is 70.3 cm³/mol. The SMILES string of the molecule is N#Cc1cc(F)ccc1NC(=O)c1ccc(C(=O)O)nc1. The number of pyridine rings is 1. The van der Waals surface area contributed by atoms with Gasteiger partial charge in [-0.2, -0.15) is 5.26 Å². The van der Waals surface area contributed by atoms with Gasteiger partial charge in [0.15, 0.2) is 0 Å². The lowest BCUT2D eigenvalue weighted by Gasteiger charge is -2.07. The first-order valence-corrected chi connectivity index (χ1v) is 5.71. The Balaban J connectivity index is 2.22. The van der Waals surface area contributed by atoms with Gasteiger partial charge in [-0.15, -0.1) is 0 Å². The summed E-state index contributed by atoms with van der Waals surface area (Å²) in [6.45, 7) is 0. The molecule has 0 aliphatic heterocycles. The minimum absolute atomic E-state index is 0.0153. The number of carbonyl (C=O) groups is 2. The summed E-state index contributed by atoms with van der Waals surface area (Å²) in [6, 6.07) is 7.63. The number of nitrogens with one attached hydrogen (secondary N) is 1. The highest BCUT2D eigenvalue weighted by Crippen LogP contribution is 2.17. The number of carbonyl (C=O) groups excluding carboxylic acids is 1. The molecule has 0 aliphatic rings. The van der Waals surface area contributed by atoms with Crippen molar-refractivity contribution in [2.24, 2.45) is 0 Å². The summed E-state index contributed by atoms with van der Waals surface area (Å²) in [5.41, 5.74) is 0.0731. The molecule has 1 heterocycles. The van der Waals surface area contributed by atoms with Crippen molar-refractivity contribution in [3.8, 4) is 6.07 Å². The van der Waals surface area contributed by atoms with Crippen molar-refractivity contribution < 1.29 is 19.1 Å². The minimum Gasteiger partial charge on any atom is -0.477 e. The molecule has 0 bridgehead atoms. The van der Waals surface area contributed by atoms with Gasteiger partial charge in [0.25, 0.3) is 5.91 Å². The molecule has 1 amide bonds. The molecular weight excluding hydrogens is 277 g/mol. The van der Waals surface area contributed by atoms with E-state index in [4.69, 9.17) is 10.4 Å². The van der Waals surface area contributed by atoms with Crippen LogP contribution in [0.15, 0.2) is 36.5 Å². The molecule has 6 nitrogen and oxygen atoms in total. The van der Waals surface area contributed by atoms with Crippen molar-refractivity contribution >= 4 is 17.6 Å². The predicted octanol–water partition coefficient (Wildman–Crippen LogP) is 2.04. The van der Waals surface area contributed by atoms with Gasteiger partial charge < -0.3 is 10.4 Å². The van der Waals surface area contributed by atoms with Crippen molar-refractivity contribution in [1.82, 2.24) is 4.98 Å². The number of anilines is 1. The van der Waals surface area contributed by atoms with E-state index in [1.807, 2.05) is 0 Å². The first-order chi connectivity index (χ1) is 10.0. The fourth-order valence-corrected chi connectivity index (χ4v) is 1.57. The quantitative estimate of drug-likeness (QED) is 0.898. The van der Waals surface area contributed by atoms with Crippen LogP contribution in [0.2, 0.25) is 0 Å². The molecule has 0 saturated carbocycles. The maximum atomic E-state index is 13.0. The average molecular weight is 285 g/mol. The number of carboxylic acid groups (broad SMARTS) is 1. The van der Waals surface area contributed by atoms with Crippen LogP contribution < -0.4 is 5.32 Å². The number of rotatable bonds is 3. The lowest BCUT2D eigenvalue weighted by Crippen LogP contribution is -2.14.